The molecule has 0 rings (SSSR count). The predicted molar refractivity (Wildman–Crippen MR) is 64.3 cm³/mol. The number of ether oxygens (including phenoxy) is 2. The second-order valence-electron chi connectivity index (χ2n) is 4.34. The maximum atomic E-state index is 11.4. The molecule has 0 aromatic rings. The van der Waals surface area contributed by atoms with Gasteiger partial charge in [0.2, 0.25) is 0 Å². The van der Waals surface area contributed by atoms with Gasteiger partial charge in [0.15, 0.2) is 0 Å². The summed E-state index contributed by atoms with van der Waals surface area (Å²) in [5, 5.41) is 3.11. The fourth-order valence-electron chi connectivity index (χ4n) is 1.11. The molecule has 0 heterocycles. The highest BCUT2D eigenvalue weighted by Gasteiger charge is 2.13. The Morgan fingerprint density at radius 3 is 2.50 bits per heavy atom. The van der Waals surface area contributed by atoms with Crippen molar-refractivity contribution in [1.82, 2.24) is 5.32 Å². The number of nitrogens with one attached hydrogen (secondary N) is 1. The van der Waals surface area contributed by atoms with E-state index >= 15 is 0 Å². The van der Waals surface area contributed by atoms with E-state index in [0.717, 1.165) is 6.54 Å². The molecule has 96 valence electrons. The van der Waals surface area contributed by atoms with Gasteiger partial charge in [0, 0.05) is 13.2 Å². The number of carbonyl (C=O) groups excluding carboxylic acids is 1. The number of hydrogen-bond acceptors (Lipinski definition) is 4. The molecule has 4 nitrogen and oxygen atoms in total. The fourth-order valence-corrected chi connectivity index (χ4v) is 1.11. The standard InChI is InChI=1S/C12H25NO3/c1-5-13-8-11(4)12(14)16-7-6-15-9-10(2)3/h10-11,13H,5-9H2,1-4H3. The van der Waals surface area contributed by atoms with E-state index in [4.69, 9.17) is 9.47 Å². The van der Waals surface area contributed by atoms with Gasteiger partial charge in [-0.25, -0.2) is 0 Å². The van der Waals surface area contributed by atoms with Crippen molar-refractivity contribution < 1.29 is 14.3 Å². The van der Waals surface area contributed by atoms with Crippen LogP contribution in [0.3, 0.4) is 0 Å². The summed E-state index contributed by atoms with van der Waals surface area (Å²) in [7, 11) is 0. The van der Waals surface area contributed by atoms with Crippen molar-refractivity contribution in [2.24, 2.45) is 11.8 Å². The van der Waals surface area contributed by atoms with Gasteiger partial charge in [0.05, 0.1) is 12.5 Å². The predicted octanol–water partition coefficient (Wildman–Crippen LogP) is 1.45. The summed E-state index contributed by atoms with van der Waals surface area (Å²) in [4.78, 5) is 11.4. The van der Waals surface area contributed by atoms with E-state index in [1.807, 2.05) is 13.8 Å². The fraction of sp³-hybridized carbons (Fsp3) is 0.917. The molecular formula is C12H25NO3. The SMILES string of the molecule is CCNCC(C)C(=O)OCCOCC(C)C. The van der Waals surface area contributed by atoms with Crippen LogP contribution in [-0.4, -0.2) is 38.9 Å². The summed E-state index contributed by atoms with van der Waals surface area (Å²) in [6.45, 7) is 11.1. The first-order chi connectivity index (χ1) is 7.57. The van der Waals surface area contributed by atoms with Gasteiger partial charge in [-0.05, 0) is 12.5 Å². The van der Waals surface area contributed by atoms with E-state index in [0.29, 0.717) is 32.3 Å². The molecule has 0 spiro atoms. The number of hydrogen-bond donors (Lipinski definition) is 1. The molecule has 0 aliphatic carbocycles. The number of rotatable bonds is 9. The molecule has 4 heteroatoms. The molecule has 0 amide bonds. The van der Waals surface area contributed by atoms with Gasteiger partial charge in [0.1, 0.15) is 6.61 Å². The first kappa shape index (κ1) is 15.4. The monoisotopic (exact) mass is 231 g/mol. The van der Waals surface area contributed by atoms with Crippen molar-refractivity contribution in [2.45, 2.75) is 27.7 Å². The minimum atomic E-state index is -0.158. The van der Waals surface area contributed by atoms with Crippen LogP contribution in [0.25, 0.3) is 0 Å². The van der Waals surface area contributed by atoms with Gasteiger partial charge in [-0.3, -0.25) is 4.79 Å². The Kier molecular flexibility index (Phi) is 9.24. The zero-order valence-electron chi connectivity index (χ0n) is 10.9. The molecule has 0 radical (unpaired) electrons. The van der Waals surface area contributed by atoms with E-state index in [1.165, 1.54) is 0 Å². The van der Waals surface area contributed by atoms with Crippen molar-refractivity contribution in [3.05, 3.63) is 0 Å². The molecule has 0 saturated heterocycles. The van der Waals surface area contributed by atoms with Crippen molar-refractivity contribution in [1.29, 1.82) is 0 Å². The molecule has 0 fully saturated rings. The first-order valence-corrected chi connectivity index (χ1v) is 6.03. The van der Waals surface area contributed by atoms with Crippen molar-refractivity contribution in [2.75, 3.05) is 32.9 Å². The molecule has 0 bridgehead atoms. The second kappa shape index (κ2) is 9.60. The molecule has 16 heavy (non-hydrogen) atoms. The summed E-state index contributed by atoms with van der Waals surface area (Å²) in [5.41, 5.74) is 0. The summed E-state index contributed by atoms with van der Waals surface area (Å²) in [5.74, 6) is 0.266. The molecule has 1 unspecified atom stereocenters. The Balaban J connectivity index is 3.42. The lowest BCUT2D eigenvalue weighted by molar-refractivity contribution is -0.149. The maximum Gasteiger partial charge on any atom is 0.310 e. The van der Waals surface area contributed by atoms with Crippen LogP contribution < -0.4 is 5.32 Å². The summed E-state index contributed by atoms with van der Waals surface area (Å²) < 4.78 is 10.4. The zero-order valence-corrected chi connectivity index (χ0v) is 10.9. The minimum Gasteiger partial charge on any atom is -0.463 e. The van der Waals surface area contributed by atoms with Crippen LogP contribution in [-0.2, 0) is 14.3 Å². The second-order valence-corrected chi connectivity index (χ2v) is 4.34. The maximum absolute atomic E-state index is 11.4. The molecule has 0 aromatic heterocycles. The van der Waals surface area contributed by atoms with E-state index in [2.05, 4.69) is 19.2 Å². The highest BCUT2D eigenvalue weighted by molar-refractivity contribution is 5.72. The third-order valence-corrected chi connectivity index (χ3v) is 2.03. The van der Waals surface area contributed by atoms with Crippen molar-refractivity contribution in [3.63, 3.8) is 0 Å². The van der Waals surface area contributed by atoms with E-state index in [-0.39, 0.29) is 11.9 Å². The average Bonchev–Trinajstić information content (AvgIpc) is 2.24. The Labute approximate surface area is 98.7 Å². The normalized spacial score (nSPS) is 12.8. The molecule has 0 aliphatic rings. The van der Waals surface area contributed by atoms with Crippen LogP contribution in [0.5, 0.6) is 0 Å². The zero-order chi connectivity index (χ0) is 12.4. The summed E-state index contributed by atoms with van der Waals surface area (Å²) >= 11 is 0. The number of carbonyl (C=O) groups is 1. The number of esters is 1. The molecule has 0 saturated carbocycles. The molecule has 1 N–H and O–H groups in total. The largest absolute Gasteiger partial charge is 0.463 e. The topological polar surface area (TPSA) is 47.6 Å². The van der Waals surface area contributed by atoms with Gasteiger partial charge < -0.3 is 14.8 Å². The molecular weight excluding hydrogens is 206 g/mol. The van der Waals surface area contributed by atoms with Gasteiger partial charge in [-0.2, -0.15) is 0 Å². The van der Waals surface area contributed by atoms with Crippen LogP contribution in [0.15, 0.2) is 0 Å². The van der Waals surface area contributed by atoms with Crippen LogP contribution >= 0.6 is 0 Å². The Morgan fingerprint density at radius 1 is 1.25 bits per heavy atom. The van der Waals surface area contributed by atoms with Gasteiger partial charge in [0.25, 0.3) is 0 Å². The third-order valence-electron chi connectivity index (χ3n) is 2.03. The summed E-state index contributed by atoms with van der Waals surface area (Å²) in [6.07, 6.45) is 0. The van der Waals surface area contributed by atoms with Gasteiger partial charge >= 0.3 is 5.97 Å². The highest BCUT2D eigenvalue weighted by Crippen LogP contribution is 1.97. The Hall–Kier alpha value is -0.610. The van der Waals surface area contributed by atoms with Crippen LogP contribution in [0.4, 0.5) is 0 Å². The lowest BCUT2D eigenvalue weighted by atomic mass is 10.2. The smallest absolute Gasteiger partial charge is 0.310 e. The van der Waals surface area contributed by atoms with Gasteiger partial charge in [-0.1, -0.05) is 27.7 Å². The van der Waals surface area contributed by atoms with E-state index in [1.54, 1.807) is 0 Å². The highest BCUT2D eigenvalue weighted by atomic mass is 16.6. The lowest BCUT2D eigenvalue weighted by Gasteiger charge is -2.12. The van der Waals surface area contributed by atoms with Crippen LogP contribution in [0.1, 0.15) is 27.7 Å². The van der Waals surface area contributed by atoms with Crippen LogP contribution in [0, 0.1) is 11.8 Å². The first-order valence-electron chi connectivity index (χ1n) is 6.03. The van der Waals surface area contributed by atoms with Crippen molar-refractivity contribution >= 4 is 5.97 Å². The van der Waals surface area contributed by atoms with Crippen molar-refractivity contribution in [3.8, 4) is 0 Å². The lowest BCUT2D eigenvalue weighted by Crippen LogP contribution is -2.28. The minimum absolute atomic E-state index is 0.0925. The van der Waals surface area contributed by atoms with E-state index in [9.17, 15) is 4.79 Å². The molecule has 0 aromatic carbocycles. The third kappa shape index (κ3) is 8.68. The average molecular weight is 231 g/mol. The van der Waals surface area contributed by atoms with Gasteiger partial charge in [-0.15, -0.1) is 0 Å². The quantitative estimate of drug-likeness (QED) is 0.482. The Bertz CT molecular complexity index is 183. The molecule has 0 aliphatic heterocycles. The molecule has 1 atom stereocenters. The van der Waals surface area contributed by atoms with E-state index < -0.39 is 0 Å². The summed E-state index contributed by atoms with van der Waals surface area (Å²) in [6, 6.07) is 0. The Morgan fingerprint density at radius 2 is 1.94 bits per heavy atom. The van der Waals surface area contributed by atoms with Crippen LogP contribution in [0.2, 0.25) is 0 Å².